The Morgan fingerprint density at radius 3 is 3.11 bits per heavy atom. The van der Waals surface area contributed by atoms with Crippen molar-refractivity contribution in [3.8, 4) is 5.69 Å². The summed E-state index contributed by atoms with van der Waals surface area (Å²) in [5, 5.41) is 4.31. The summed E-state index contributed by atoms with van der Waals surface area (Å²) in [5.74, 6) is 0.232. The van der Waals surface area contributed by atoms with Gasteiger partial charge in [0.05, 0.1) is 24.6 Å². The summed E-state index contributed by atoms with van der Waals surface area (Å²) in [6.45, 7) is 2.87. The highest BCUT2D eigenvalue weighted by atomic mass is 19.1. The van der Waals surface area contributed by atoms with Gasteiger partial charge < -0.3 is 10.5 Å². The van der Waals surface area contributed by atoms with Crippen LogP contribution in [0.1, 0.15) is 16.8 Å². The van der Waals surface area contributed by atoms with Crippen molar-refractivity contribution in [1.29, 1.82) is 0 Å². The molecule has 2 N–H and O–H groups in total. The molecule has 4 nitrogen and oxygen atoms in total. The number of nitrogens with two attached hydrogens (primary N) is 1. The Hall–Kier alpha value is -1.88. The van der Waals surface area contributed by atoms with E-state index in [1.807, 2.05) is 6.07 Å². The summed E-state index contributed by atoms with van der Waals surface area (Å²) in [6, 6.07) is 4.98. The van der Waals surface area contributed by atoms with Crippen LogP contribution >= 0.6 is 0 Å². The third-order valence-corrected chi connectivity index (χ3v) is 3.32. The topological polar surface area (TPSA) is 53.1 Å². The Balaban J connectivity index is 2.20. The van der Waals surface area contributed by atoms with E-state index in [-0.39, 0.29) is 5.82 Å². The number of rotatable bonds is 1. The molecular weight excluding hydrogens is 233 g/mol. The second kappa shape index (κ2) is 4.10. The molecule has 94 valence electrons. The van der Waals surface area contributed by atoms with Crippen LogP contribution in [-0.4, -0.2) is 16.4 Å². The molecule has 5 heteroatoms. The predicted octanol–water partition coefficient (Wildman–Crippen LogP) is 1.97. The van der Waals surface area contributed by atoms with E-state index in [1.165, 1.54) is 6.07 Å². The maximum Gasteiger partial charge on any atom is 0.151 e. The maximum atomic E-state index is 13.6. The lowest BCUT2D eigenvalue weighted by atomic mass is 10.1. The minimum Gasteiger partial charge on any atom is -0.382 e. The van der Waals surface area contributed by atoms with Gasteiger partial charge >= 0.3 is 0 Å². The number of hydrogen-bond acceptors (Lipinski definition) is 3. The van der Waals surface area contributed by atoms with Crippen LogP contribution in [-0.2, 0) is 17.8 Å². The van der Waals surface area contributed by atoms with Crippen molar-refractivity contribution >= 4 is 5.82 Å². The third kappa shape index (κ3) is 1.59. The van der Waals surface area contributed by atoms with Gasteiger partial charge in [0.25, 0.3) is 0 Å². The van der Waals surface area contributed by atoms with Crippen LogP contribution in [0.4, 0.5) is 10.2 Å². The van der Waals surface area contributed by atoms with E-state index in [4.69, 9.17) is 10.5 Å². The van der Waals surface area contributed by atoms with Crippen molar-refractivity contribution < 1.29 is 9.13 Å². The number of benzene rings is 1. The molecule has 0 bridgehead atoms. The molecule has 1 aliphatic rings. The van der Waals surface area contributed by atoms with Crippen molar-refractivity contribution in [3.05, 3.63) is 40.8 Å². The van der Waals surface area contributed by atoms with E-state index in [0.717, 1.165) is 23.4 Å². The lowest BCUT2D eigenvalue weighted by molar-refractivity contribution is 0.110. The monoisotopic (exact) mass is 247 g/mol. The zero-order valence-electron chi connectivity index (χ0n) is 10.1. The van der Waals surface area contributed by atoms with Gasteiger partial charge in [-0.15, -0.1) is 0 Å². The van der Waals surface area contributed by atoms with Gasteiger partial charge in [0, 0.05) is 17.5 Å². The van der Waals surface area contributed by atoms with Crippen LogP contribution in [0.5, 0.6) is 0 Å². The van der Waals surface area contributed by atoms with Crippen molar-refractivity contribution in [2.75, 3.05) is 12.3 Å². The fourth-order valence-electron chi connectivity index (χ4n) is 2.29. The first kappa shape index (κ1) is 11.2. The van der Waals surface area contributed by atoms with Gasteiger partial charge in [-0.1, -0.05) is 6.07 Å². The van der Waals surface area contributed by atoms with Gasteiger partial charge in [0.1, 0.15) is 5.82 Å². The number of ether oxygens (including phenoxy) is 1. The highest BCUT2D eigenvalue weighted by Gasteiger charge is 2.21. The fraction of sp³-hybridized carbons (Fsp3) is 0.308. The molecule has 0 spiro atoms. The zero-order valence-corrected chi connectivity index (χ0v) is 10.1. The number of nitrogens with zero attached hydrogens (tertiary/aromatic N) is 2. The molecule has 1 aromatic carbocycles. The molecule has 0 fully saturated rings. The molecule has 0 aliphatic carbocycles. The Morgan fingerprint density at radius 2 is 2.28 bits per heavy atom. The number of aromatic nitrogens is 2. The third-order valence-electron chi connectivity index (χ3n) is 3.32. The molecule has 0 unspecified atom stereocenters. The van der Waals surface area contributed by atoms with Crippen LogP contribution in [0, 0.1) is 12.7 Å². The number of halogens is 1. The molecule has 2 aromatic rings. The number of fused-ring (bicyclic) bond motifs is 1. The van der Waals surface area contributed by atoms with E-state index in [2.05, 4.69) is 5.10 Å². The number of hydrogen-bond donors (Lipinski definition) is 1. The second-order valence-corrected chi connectivity index (χ2v) is 4.41. The SMILES string of the molecule is Cc1c(F)cccc1-n1nc(N)c2c1CCOC2. The van der Waals surface area contributed by atoms with Gasteiger partial charge in [-0.3, -0.25) is 0 Å². The number of nitrogen functional groups attached to an aromatic ring is 1. The van der Waals surface area contributed by atoms with Gasteiger partial charge in [-0.05, 0) is 19.1 Å². The molecule has 3 rings (SSSR count). The molecular formula is C13H14FN3O. The minimum absolute atomic E-state index is 0.234. The highest BCUT2D eigenvalue weighted by molar-refractivity contribution is 5.50. The largest absolute Gasteiger partial charge is 0.382 e. The lowest BCUT2D eigenvalue weighted by Crippen LogP contribution is -2.13. The summed E-state index contributed by atoms with van der Waals surface area (Å²) in [5.41, 5.74) is 9.14. The van der Waals surface area contributed by atoms with Crippen LogP contribution < -0.4 is 5.73 Å². The van der Waals surface area contributed by atoms with Crippen LogP contribution in [0.15, 0.2) is 18.2 Å². The van der Waals surface area contributed by atoms with E-state index in [1.54, 1.807) is 17.7 Å². The Bertz CT molecular complexity index is 607. The molecule has 1 aromatic heterocycles. The Morgan fingerprint density at radius 1 is 1.44 bits per heavy atom. The summed E-state index contributed by atoms with van der Waals surface area (Å²) in [7, 11) is 0. The van der Waals surface area contributed by atoms with E-state index in [0.29, 0.717) is 24.6 Å². The zero-order chi connectivity index (χ0) is 12.7. The molecule has 0 radical (unpaired) electrons. The molecule has 0 saturated carbocycles. The number of anilines is 1. The lowest BCUT2D eigenvalue weighted by Gasteiger charge is -2.15. The average molecular weight is 247 g/mol. The quantitative estimate of drug-likeness (QED) is 0.838. The molecule has 0 saturated heterocycles. The van der Waals surface area contributed by atoms with E-state index in [9.17, 15) is 4.39 Å². The summed E-state index contributed by atoms with van der Waals surface area (Å²) in [4.78, 5) is 0. The van der Waals surface area contributed by atoms with E-state index >= 15 is 0 Å². The van der Waals surface area contributed by atoms with Crippen molar-refractivity contribution in [1.82, 2.24) is 9.78 Å². The van der Waals surface area contributed by atoms with Gasteiger partial charge in [0.2, 0.25) is 0 Å². The van der Waals surface area contributed by atoms with Crippen LogP contribution in [0.2, 0.25) is 0 Å². The normalized spacial score (nSPS) is 14.6. The highest BCUT2D eigenvalue weighted by Crippen LogP contribution is 2.27. The smallest absolute Gasteiger partial charge is 0.151 e. The molecule has 0 amide bonds. The van der Waals surface area contributed by atoms with Gasteiger partial charge in [0.15, 0.2) is 5.82 Å². The van der Waals surface area contributed by atoms with Crippen molar-refractivity contribution in [2.45, 2.75) is 20.0 Å². The Kier molecular flexibility index (Phi) is 2.56. The first-order valence-corrected chi connectivity index (χ1v) is 5.88. The molecule has 0 atom stereocenters. The standard InChI is InChI=1S/C13H14FN3O/c1-8-10(14)3-2-4-11(8)17-12-5-6-18-7-9(12)13(15)16-17/h2-4H,5-7H2,1H3,(H2,15,16). The van der Waals surface area contributed by atoms with Crippen molar-refractivity contribution in [3.63, 3.8) is 0 Å². The van der Waals surface area contributed by atoms with Gasteiger partial charge in [-0.25, -0.2) is 9.07 Å². The first-order chi connectivity index (χ1) is 8.68. The first-order valence-electron chi connectivity index (χ1n) is 5.88. The molecule has 18 heavy (non-hydrogen) atoms. The minimum atomic E-state index is -0.234. The van der Waals surface area contributed by atoms with Gasteiger partial charge in [-0.2, -0.15) is 5.10 Å². The fourth-order valence-corrected chi connectivity index (χ4v) is 2.29. The van der Waals surface area contributed by atoms with Crippen LogP contribution in [0.25, 0.3) is 5.69 Å². The van der Waals surface area contributed by atoms with E-state index < -0.39 is 0 Å². The summed E-state index contributed by atoms with van der Waals surface area (Å²) < 4.78 is 20.7. The Labute approximate surface area is 104 Å². The molecule has 2 heterocycles. The maximum absolute atomic E-state index is 13.6. The van der Waals surface area contributed by atoms with Crippen molar-refractivity contribution in [2.24, 2.45) is 0 Å². The average Bonchev–Trinajstić information content (AvgIpc) is 2.71. The second-order valence-electron chi connectivity index (χ2n) is 4.41. The predicted molar refractivity (Wildman–Crippen MR) is 66.0 cm³/mol. The molecule has 1 aliphatic heterocycles. The van der Waals surface area contributed by atoms with Crippen LogP contribution in [0.3, 0.4) is 0 Å². The summed E-state index contributed by atoms with van der Waals surface area (Å²) in [6.07, 6.45) is 0.746. The summed E-state index contributed by atoms with van der Waals surface area (Å²) >= 11 is 0.